The molecule has 2 aromatic rings. The quantitative estimate of drug-likeness (QED) is 0.677. The van der Waals surface area contributed by atoms with E-state index in [4.69, 9.17) is 0 Å². The van der Waals surface area contributed by atoms with Gasteiger partial charge in [0.25, 0.3) is 0 Å². The second-order valence-corrected chi connectivity index (χ2v) is 4.94. The topological polar surface area (TPSA) is 99.7 Å². The molecule has 0 spiro atoms. The normalized spacial score (nSPS) is 9.92. The van der Waals surface area contributed by atoms with Gasteiger partial charge >= 0.3 is 12.1 Å². The van der Waals surface area contributed by atoms with Gasteiger partial charge in [-0.25, -0.2) is 9.59 Å². The number of aliphatic hydroxyl groups excluding tert-OH is 1. The molecule has 0 aromatic heterocycles. The van der Waals surface area contributed by atoms with Crippen molar-refractivity contribution in [3.05, 3.63) is 59.7 Å². The summed E-state index contributed by atoms with van der Waals surface area (Å²) in [7, 11) is 1.29. The van der Waals surface area contributed by atoms with Crippen LogP contribution in [0.25, 0.3) is 0 Å². The zero-order chi connectivity index (χ0) is 17.4. The first-order valence-electron chi connectivity index (χ1n) is 7.30. The fourth-order valence-electron chi connectivity index (χ4n) is 2.00. The van der Waals surface area contributed by atoms with E-state index in [2.05, 4.69) is 20.7 Å². The molecule has 126 valence electrons. The van der Waals surface area contributed by atoms with Gasteiger partial charge in [0, 0.05) is 23.5 Å². The lowest BCUT2D eigenvalue weighted by Gasteiger charge is -2.11. The van der Waals surface area contributed by atoms with Crippen molar-refractivity contribution in [2.24, 2.45) is 0 Å². The van der Waals surface area contributed by atoms with Crippen molar-refractivity contribution in [1.29, 1.82) is 0 Å². The number of nitrogens with one attached hydrogen (secondary N) is 3. The summed E-state index contributed by atoms with van der Waals surface area (Å²) in [6.07, 6.45) is -0.539. The molecule has 0 aliphatic carbocycles. The summed E-state index contributed by atoms with van der Waals surface area (Å²) in [6.45, 7) is 0.177. The number of anilines is 2. The number of para-hydroxylation sites is 1. The van der Waals surface area contributed by atoms with Crippen molar-refractivity contribution < 1.29 is 19.4 Å². The van der Waals surface area contributed by atoms with Crippen molar-refractivity contribution in [2.45, 2.75) is 13.2 Å². The van der Waals surface area contributed by atoms with Crippen molar-refractivity contribution in [3.8, 4) is 0 Å². The Balaban J connectivity index is 1.86. The minimum atomic E-state index is -0.539. The lowest BCUT2D eigenvalue weighted by atomic mass is 10.2. The highest BCUT2D eigenvalue weighted by Crippen LogP contribution is 2.14. The van der Waals surface area contributed by atoms with Crippen LogP contribution in [0.2, 0.25) is 0 Å². The fourth-order valence-corrected chi connectivity index (χ4v) is 2.00. The number of carbonyl (C=O) groups excluding carboxylic acids is 2. The van der Waals surface area contributed by atoms with E-state index in [1.54, 1.807) is 48.5 Å². The van der Waals surface area contributed by atoms with Crippen LogP contribution in [-0.2, 0) is 17.9 Å². The highest BCUT2D eigenvalue weighted by Gasteiger charge is 2.06. The van der Waals surface area contributed by atoms with Crippen molar-refractivity contribution in [3.63, 3.8) is 0 Å². The Morgan fingerprint density at radius 1 is 1.04 bits per heavy atom. The molecule has 24 heavy (non-hydrogen) atoms. The Bertz CT molecular complexity index is 701. The molecule has 7 nitrogen and oxygen atoms in total. The van der Waals surface area contributed by atoms with Gasteiger partial charge in [-0.3, -0.25) is 5.32 Å². The average Bonchev–Trinajstić information content (AvgIpc) is 2.61. The summed E-state index contributed by atoms with van der Waals surface area (Å²) < 4.78 is 4.51. The van der Waals surface area contributed by atoms with Crippen molar-refractivity contribution in [1.82, 2.24) is 5.32 Å². The van der Waals surface area contributed by atoms with Gasteiger partial charge in [0.1, 0.15) is 0 Å². The van der Waals surface area contributed by atoms with Crippen LogP contribution in [0.5, 0.6) is 0 Å². The molecular formula is C17H19N3O4. The van der Waals surface area contributed by atoms with E-state index in [0.717, 1.165) is 5.56 Å². The lowest BCUT2D eigenvalue weighted by molar-refractivity contribution is 0.187. The number of methoxy groups -OCH3 is 1. The molecular weight excluding hydrogens is 310 g/mol. The summed E-state index contributed by atoms with van der Waals surface area (Å²) in [6, 6.07) is 13.7. The van der Waals surface area contributed by atoms with Crippen molar-refractivity contribution >= 4 is 23.5 Å². The second kappa shape index (κ2) is 8.54. The van der Waals surface area contributed by atoms with E-state index in [1.807, 2.05) is 0 Å². The predicted molar refractivity (Wildman–Crippen MR) is 90.7 cm³/mol. The van der Waals surface area contributed by atoms with E-state index in [-0.39, 0.29) is 12.6 Å². The van der Waals surface area contributed by atoms with Crippen LogP contribution in [-0.4, -0.2) is 24.3 Å². The Labute approximate surface area is 139 Å². The maximum atomic E-state index is 11.9. The van der Waals surface area contributed by atoms with Gasteiger partial charge in [-0.2, -0.15) is 0 Å². The molecule has 2 rings (SSSR count). The van der Waals surface area contributed by atoms with Crippen LogP contribution < -0.4 is 16.0 Å². The minimum Gasteiger partial charge on any atom is -0.453 e. The lowest BCUT2D eigenvalue weighted by Crippen LogP contribution is -2.28. The third-order valence-corrected chi connectivity index (χ3v) is 3.27. The monoisotopic (exact) mass is 329 g/mol. The summed E-state index contributed by atoms with van der Waals surface area (Å²) in [5.41, 5.74) is 2.68. The van der Waals surface area contributed by atoms with E-state index in [0.29, 0.717) is 23.5 Å². The molecule has 0 radical (unpaired) electrons. The van der Waals surface area contributed by atoms with Crippen LogP contribution >= 0.6 is 0 Å². The maximum absolute atomic E-state index is 11.9. The first-order valence-corrected chi connectivity index (χ1v) is 7.30. The van der Waals surface area contributed by atoms with E-state index in [9.17, 15) is 14.7 Å². The molecule has 3 amide bonds. The SMILES string of the molecule is COC(=O)Nc1ccc(CNC(=O)Nc2ccccc2CO)cc1. The standard InChI is InChI=1S/C17H19N3O4/c1-24-17(23)19-14-8-6-12(7-9-14)10-18-16(22)20-15-5-3-2-4-13(15)11-21/h2-9,21H,10-11H2,1H3,(H,19,23)(H2,18,20,22). The van der Waals surface area contributed by atoms with Gasteiger partial charge < -0.3 is 20.5 Å². The Morgan fingerprint density at radius 3 is 2.42 bits per heavy atom. The average molecular weight is 329 g/mol. The first-order chi connectivity index (χ1) is 11.6. The van der Waals surface area contributed by atoms with Crippen LogP contribution in [0.4, 0.5) is 21.0 Å². The highest BCUT2D eigenvalue weighted by atomic mass is 16.5. The number of carbonyl (C=O) groups is 2. The van der Waals surface area contributed by atoms with Gasteiger partial charge in [-0.15, -0.1) is 0 Å². The highest BCUT2D eigenvalue weighted by molar-refractivity contribution is 5.90. The minimum absolute atomic E-state index is 0.148. The van der Waals surface area contributed by atoms with Gasteiger partial charge in [0.2, 0.25) is 0 Å². The molecule has 4 N–H and O–H groups in total. The van der Waals surface area contributed by atoms with Gasteiger partial charge in [0.05, 0.1) is 13.7 Å². The molecule has 0 saturated carbocycles. The zero-order valence-corrected chi connectivity index (χ0v) is 13.2. The molecule has 0 aliphatic rings. The summed E-state index contributed by atoms with van der Waals surface area (Å²) in [5, 5.41) is 17.2. The largest absolute Gasteiger partial charge is 0.453 e. The molecule has 0 saturated heterocycles. The predicted octanol–water partition coefficient (Wildman–Crippen LogP) is 2.68. The summed E-state index contributed by atoms with van der Waals surface area (Å²) in [4.78, 5) is 23.0. The summed E-state index contributed by atoms with van der Waals surface area (Å²) >= 11 is 0. The molecule has 0 unspecified atom stereocenters. The molecule has 7 heteroatoms. The number of ether oxygens (including phenoxy) is 1. The number of amides is 3. The molecule has 0 atom stereocenters. The molecule has 0 heterocycles. The van der Waals surface area contributed by atoms with Gasteiger partial charge in [-0.05, 0) is 23.8 Å². The van der Waals surface area contributed by atoms with E-state index >= 15 is 0 Å². The maximum Gasteiger partial charge on any atom is 0.411 e. The number of hydrogen-bond donors (Lipinski definition) is 4. The first kappa shape index (κ1) is 17.3. The molecule has 2 aromatic carbocycles. The molecule has 0 bridgehead atoms. The third-order valence-electron chi connectivity index (χ3n) is 3.27. The molecule has 0 fully saturated rings. The number of aliphatic hydroxyl groups is 1. The Hall–Kier alpha value is -3.06. The van der Waals surface area contributed by atoms with E-state index in [1.165, 1.54) is 7.11 Å². The van der Waals surface area contributed by atoms with Gasteiger partial charge in [0.15, 0.2) is 0 Å². The fraction of sp³-hybridized carbons (Fsp3) is 0.176. The van der Waals surface area contributed by atoms with Crippen LogP contribution in [0, 0.1) is 0 Å². The number of hydrogen-bond acceptors (Lipinski definition) is 4. The second-order valence-electron chi connectivity index (χ2n) is 4.94. The van der Waals surface area contributed by atoms with Crippen LogP contribution in [0.3, 0.4) is 0 Å². The Morgan fingerprint density at radius 2 is 1.75 bits per heavy atom. The number of urea groups is 1. The Kier molecular flexibility index (Phi) is 6.16. The zero-order valence-electron chi connectivity index (χ0n) is 13.2. The van der Waals surface area contributed by atoms with Crippen LogP contribution in [0.15, 0.2) is 48.5 Å². The number of benzene rings is 2. The summed E-state index contributed by atoms with van der Waals surface area (Å²) in [5.74, 6) is 0. The van der Waals surface area contributed by atoms with Crippen LogP contribution in [0.1, 0.15) is 11.1 Å². The molecule has 0 aliphatic heterocycles. The van der Waals surface area contributed by atoms with Crippen molar-refractivity contribution in [2.75, 3.05) is 17.7 Å². The smallest absolute Gasteiger partial charge is 0.411 e. The third kappa shape index (κ3) is 4.99. The van der Waals surface area contributed by atoms with E-state index < -0.39 is 6.09 Å². The number of rotatable bonds is 5. The van der Waals surface area contributed by atoms with Gasteiger partial charge in [-0.1, -0.05) is 30.3 Å².